The van der Waals surface area contributed by atoms with E-state index < -0.39 is 0 Å². The Morgan fingerprint density at radius 1 is 0.600 bits per heavy atom. The van der Waals surface area contributed by atoms with Crippen molar-refractivity contribution in [2.45, 2.75) is 0 Å². The molecule has 0 aliphatic carbocycles. The maximum atomic E-state index is 10.7. The van der Waals surface area contributed by atoms with Gasteiger partial charge in [-0.1, -0.05) is 109 Å². The number of nitriles is 1. The lowest BCUT2D eigenvalue weighted by atomic mass is 9.99. The average molecular weight is 720 g/mol. The largest absolute Gasteiger partial charge is 0.456 e. The van der Waals surface area contributed by atoms with Gasteiger partial charge in [-0.2, -0.15) is 5.26 Å². The SMILES string of the molecule is [C-]#[N+]c1cc(-c2nc(-c3ccc4c(c3)oc3ccccc34)nc(-c3ccccc3)c2C#N)ccc1-n1c2ccccc2c2ccc3c4ccccc4sc3c21. The van der Waals surface area contributed by atoms with Gasteiger partial charge in [-0.25, -0.2) is 14.8 Å². The number of furan rings is 1. The van der Waals surface area contributed by atoms with E-state index in [1.54, 1.807) is 11.3 Å². The van der Waals surface area contributed by atoms with Crippen molar-refractivity contribution in [3.63, 3.8) is 0 Å². The quantitative estimate of drug-likeness (QED) is 0.170. The number of hydrogen-bond acceptors (Lipinski definition) is 5. The van der Waals surface area contributed by atoms with Gasteiger partial charge >= 0.3 is 0 Å². The van der Waals surface area contributed by atoms with Crippen molar-refractivity contribution in [1.29, 1.82) is 5.26 Å². The van der Waals surface area contributed by atoms with Crippen LogP contribution in [0.4, 0.5) is 5.69 Å². The summed E-state index contributed by atoms with van der Waals surface area (Å²) in [7, 11) is 0. The molecular weight excluding hydrogens is 695 g/mol. The number of para-hydroxylation sites is 2. The molecule has 0 fully saturated rings. The van der Waals surface area contributed by atoms with Crippen LogP contribution in [-0.4, -0.2) is 14.5 Å². The van der Waals surface area contributed by atoms with Crippen LogP contribution in [0.3, 0.4) is 0 Å². The van der Waals surface area contributed by atoms with Gasteiger partial charge in [0.1, 0.15) is 22.8 Å². The lowest BCUT2D eigenvalue weighted by Gasteiger charge is -2.15. The fraction of sp³-hybridized carbons (Fsp3) is 0. The van der Waals surface area contributed by atoms with Crippen LogP contribution in [-0.2, 0) is 0 Å². The van der Waals surface area contributed by atoms with Crippen molar-refractivity contribution >= 4 is 80.9 Å². The molecule has 11 aromatic rings. The lowest BCUT2D eigenvalue weighted by molar-refractivity contribution is 0.669. The van der Waals surface area contributed by atoms with Gasteiger partial charge in [0.15, 0.2) is 5.82 Å². The number of hydrogen-bond donors (Lipinski definition) is 0. The highest BCUT2D eigenvalue weighted by atomic mass is 32.1. The van der Waals surface area contributed by atoms with Crippen molar-refractivity contribution in [3.8, 4) is 45.7 Å². The minimum Gasteiger partial charge on any atom is -0.456 e. The van der Waals surface area contributed by atoms with Gasteiger partial charge in [-0.15, -0.1) is 11.3 Å². The van der Waals surface area contributed by atoms with E-state index in [0.29, 0.717) is 34.0 Å². The highest BCUT2D eigenvalue weighted by Crippen LogP contribution is 2.45. The van der Waals surface area contributed by atoms with Crippen molar-refractivity contribution in [1.82, 2.24) is 14.5 Å². The zero-order valence-corrected chi connectivity index (χ0v) is 29.8. The Bertz CT molecular complexity index is 3470. The number of rotatable bonds is 4. The summed E-state index contributed by atoms with van der Waals surface area (Å²) < 4.78 is 10.9. The number of aromatic nitrogens is 3. The summed E-state index contributed by atoms with van der Waals surface area (Å²) >= 11 is 1.78. The number of nitrogens with zero attached hydrogens (tertiary/aromatic N) is 5. The molecule has 0 radical (unpaired) electrons. The summed E-state index contributed by atoms with van der Waals surface area (Å²) in [5.41, 5.74) is 8.39. The van der Waals surface area contributed by atoms with Crippen molar-refractivity contribution in [3.05, 3.63) is 169 Å². The molecule has 0 amide bonds. The van der Waals surface area contributed by atoms with E-state index in [2.05, 4.69) is 70.1 Å². The zero-order valence-electron chi connectivity index (χ0n) is 29.0. The summed E-state index contributed by atoms with van der Waals surface area (Å²) in [6.07, 6.45) is 0. The van der Waals surface area contributed by atoms with Crippen LogP contribution in [0.1, 0.15) is 5.56 Å². The first-order valence-electron chi connectivity index (χ1n) is 17.8. The highest BCUT2D eigenvalue weighted by Gasteiger charge is 2.23. The first kappa shape index (κ1) is 31.0. The first-order valence-corrected chi connectivity index (χ1v) is 18.6. The zero-order chi connectivity index (χ0) is 36.6. The fourth-order valence-electron chi connectivity index (χ4n) is 8.00. The van der Waals surface area contributed by atoms with E-state index in [1.165, 1.54) is 20.2 Å². The molecule has 55 heavy (non-hydrogen) atoms. The van der Waals surface area contributed by atoms with E-state index in [0.717, 1.165) is 60.6 Å². The Morgan fingerprint density at radius 3 is 2.11 bits per heavy atom. The number of thiophene rings is 1. The maximum absolute atomic E-state index is 10.7. The summed E-state index contributed by atoms with van der Waals surface area (Å²) in [6.45, 7) is 8.49. The molecule has 0 aliphatic rings. The normalized spacial score (nSPS) is 11.6. The monoisotopic (exact) mass is 719 g/mol. The van der Waals surface area contributed by atoms with Crippen molar-refractivity contribution in [2.75, 3.05) is 0 Å². The Kier molecular flexibility index (Phi) is 6.75. The number of benzene rings is 7. The Hall–Kier alpha value is -7.58. The second-order valence-corrected chi connectivity index (χ2v) is 14.6. The molecule has 4 aromatic heterocycles. The van der Waals surface area contributed by atoms with Crippen LogP contribution in [0.5, 0.6) is 0 Å². The maximum Gasteiger partial charge on any atom is 0.211 e. The van der Waals surface area contributed by atoms with E-state index in [-0.39, 0.29) is 0 Å². The summed E-state index contributed by atoms with van der Waals surface area (Å²) in [4.78, 5) is 14.2. The third-order valence-electron chi connectivity index (χ3n) is 10.5. The van der Waals surface area contributed by atoms with Crippen molar-refractivity contribution in [2.24, 2.45) is 0 Å². The lowest BCUT2D eigenvalue weighted by Crippen LogP contribution is -2.01. The first-order chi connectivity index (χ1) is 27.2. The third kappa shape index (κ3) is 4.65. The molecule has 0 bridgehead atoms. The van der Waals surface area contributed by atoms with Gasteiger partial charge in [0, 0.05) is 48.1 Å². The second-order valence-electron chi connectivity index (χ2n) is 13.5. The average Bonchev–Trinajstić information content (AvgIpc) is 3.92. The molecule has 0 atom stereocenters. The molecule has 6 nitrogen and oxygen atoms in total. The highest BCUT2D eigenvalue weighted by molar-refractivity contribution is 7.26. The molecule has 0 aliphatic heterocycles. The molecule has 254 valence electrons. The van der Waals surface area contributed by atoms with Gasteiger partial charge in [-0.05, 0) is 48.0 Å². The summed E-state index contributed by atoms with van der Waals surface area (Å²) in [5, 5.41) is 17.4. The Balaban J connectivity index is 1.15. The predicted octanol–water partition coefficient (Wildman–Crippen LogP) is 13.3. The summed E-state index contributed by atoms with van der Waals surface area (Å²) in [6, 6.07) is 53.2. The van der Waals surface area contributed by atoms with Gasteiger partial charge in [-0.3, -0.25) is 0 Å². The van der Waals surface area contributed by atoms with Crippen LogP contribution >= 0.6 is 11.3 Å². The van der Waals surface area contributed by atoms with E-state index in [4.69, 9.17) is 21.0 Å². The Labute approximate surface area is 318 Å². The molecule has 11 rings (SSSR count). The summed E-state index contributed by atoms with van der Waals surface area (Å²) in [5.74, 6) is 0.457. The minimum atomic E-state index is 0.340. The van der Waals surface area contributed by atoms with Crippen LogP contribution in [0.25, 0.3) is 108 Å². The molecule has 0 N–H and O–H groups in total. The van der Waals surface area contributed by atoms with Gasteiger partial charge < -0.3 is 8.98 Å². The van der Waals surface area contributed by atoms with E-state index >= 15 is 0 Å². The molecule has 0 unspecified atom stereocenters. The smallest absolute Gasteiger partial charge is 0.211 e. The molecule has 7 heteroatoms. The third-order valence-corrected chi connectivity index (χ3v) is 11.7. The van der Waals surface area contributed by atoms with E-state index in [1.807, 2.05) is 97.1 Å². The molecule has 4 heterocycles. The van der Waals surface area contributed by atoms with Crippen molar-refractivity contribution < 1.29 is 4.42 Å². The molecular formula is C48H25N5OS. The van der Waals surface area contributed by atoms with Gasteiger partial charge in [0.25, 0.3) is 0 Å². The minimum absolute atomic E-state index is 0.340. The van der Waals surface area contributed by atoms with Gasteiger partial charge in [0.05, 0.1) is 39.4 Å². The fourth-order valence-corrected chi connectivity index (χ4v) is 9.25. The van der Waals surface area contributed by atoms with E-state index in [9.17, 15) is 5.26 Å². The molecule has 0 spiro atoms. The molecule has 7 aromatic carbocycles. The molecule has 0 saturated heterocycles. The second kappa shape index (κ2) is 12.0. The van der Waals surface area contributed by atoms with Gasteiger partial charge in [0.2, 0.25) is 5.69 Å². The topological polar surface area (TPSA) is 72.0 Å². The van der Waals surface area contributed by atoms with Crippen LogP contribution in [0.2, 0.25) is 0 Å². The predicted molar refractivity (Wildman–Crippen MR) is 224 cm³/mol. The number of fused-ring (bicyclic) bond motifs is 10. The Morgan fingerprint density at radius 2 is 1.27 bits per heavy atom. The molecule has 0 saturated carbocycles. The van der Waals surface area contributed by atoms with Crippen LogP contribution < -0.4 is 0 Å². The standard InChI is InChI=1S/C48H25N5OS/c1-50-38-25-29(20-24-40(38)53-39-16-8-5-13-31(39)35-22-23-36-34-15-7-10-18-43(34)55-47(36)46(35)53)45-37(27-49)44(28-11-3-2-4-12-28)51-48(52-45)30-19-21-33-32-14-6-9-17-41(32)54-42(33)26-30/h2-26H. The van der Waals surface area contributed by atoms with Crippen LogP contribution in [0, 0.1) is 17.9 Å². The van der Waals surface area contributed by atoms with Crippen LogP contribution in [0.15, 0.2) is 156 Å².